The van der Waals surface area contributed by atoms with Gasteiger partial charge in [0.05, 0.1) is 25.4 Å². The zero-order valence-corrected chi connectivity index (χ0v) is 17.5. The molecule has 0 amide bonds. The summed E-state index contributed by atoms with van der Waals surface area (Å²) in [5, 5.41) is 17.1. The second kappa shape index (κ2) is 15.0. The van der Waals surface area contributed by atoms with Gasteiger partial charge in [-0.05, 0) is 32.9 Å². The van der Waals surface area contributed by atoms with Crippen LogP contribution in [-0.2, 0) is 33.4 Å². The fourth-order valence-electron chi connectivity index (χ4n) is 1.87. The molecule has 2 N–H and O–H groups in total. The lowest BCUT2D eigenvalue weighted by atomic mass is 9.87. The van der Waals surface area contributed by atoms with Gasteiger partial charge in [-0.25, -0.2) is 9.59 Å². The largest absolute Gasteiger partial charge is 0.454 e. The minimum Gasteiger partial charge on any atom is -0.454 e. The zero-order valence-electron chi connectivity index (χ0n) is 17.5. The van der Waals surface area contributed by atoms with Crippen molar-refractivity contribution in [1.29, 1.82) is 0 Å². The van der Waals surface area contributed by atoms with Gasteiger partial charge in [-0.15, -0.1) is 0 Å². The molecule has 0 heterocycles. The van der Waals surface area contributed by atoms with Crippen molar-refractivity contribution in [2.45, 2.75) is 44.7 Å². The van der Waals surface area contributed by atoms with E-state index >= 15 is 0 Å². The van der Waals surface area contributed by atoms with Crippen LogP contribution >= 0.6 is 0 Å². The summed E-state index contributed by atoms with van der Waals surface area (Å²) < 4.78 is 14.7. The van der Waals surface area contributed by atoms with E-state index in [0.29, 0.717) is 6.61 Å². The maximum Gasteiger partial charge on any atom is 0.331 e. The molecule has 0 aromatic rings. The molecule has 3 unspecified atom stereocenters. The molecule has 0 aliphatic rings. The van der Waals surface area contributed by atoms with Gasteiger partial charge in [-0.3, -0.25) is 9.59 Å². The summed E-state index contributed by atoms with van der Waals surface area (Å²) in [5.41, 5.74) is -2.40. The number of esters is 2. The highest BCUT2D eigenvalue weighted by molar-refractivity contribution is 6.20. The fraction of sp³-hybridized carbons (Fsp3) is 0.429. The van der Waals surface area contributed by atoms with Gasteiger partial charge < -0.3 is 24.4 Å². The van der Waals surface area contributed by atoms with E-state index < -0.39 is 41.3 Å². The molecule has 9 nitrogen and oxygen atoms in total. The van der Waals surface area contributed by atoms with Gasteiger partial charge in [-0.2, -0.15) is 0 Å². The molecule has 168 valence electrons. The molecule has 9 heteroatoms. The molecule has 0 fully saturated rings. The van der Waals surface area contributed by atoms with E-state index in [1.807, 2.05) is 0 Å². The van der Waals surface area contributed by atoms with Crippen molar-refractivity contribution in [3.8, 4) is 0 Å². The molecule has 0 saturated heterocycles. The summed E-state index contributed by atoms with van der Waals surface area (Å²) in [6.45, 7) is 17.8. The second-order valence-electron chi connectivity index (χ2n) is 5.96. The number of hydrogen-bond donors (Lipinski definition) is 2. The van der Waals surface area contributed by atoms with E-state index in [-0.39, 0.29) is 12.7 Å². The van der Waals surface area contributed by atoms with Crippen molar-refractivity contribution in [3.63, 3.8) is 0 Å². The minimum absolute atomic E-state index is 0.00667. The second-order valence-corrected chi connectivity index (χ2v) is 5.96. The molecule has 0 aromatic carbocycles. The molecule has 0 aliphatic carbocycles. The van der Waals surface area contributed by atoms with Crippen LogP contribution in [0.3, 0.4) is 0 Å². The Morgan fingerprint density at radius 2 is 1.37 bits per heavy atom. The van der Waals surface area contributed by atoms with Crippen molar-refractivity contribution in [1.82, 2.24) is 0 Å². The van der Waals surface area contributed by atoms with Gasteiger partial charge in [-0.1, -0.05) is 26.3 Å². The van der Waals surface area contributed by atoms with Gasteiger partial charge in [0.25, 0.3) is 5.60 Å². The Kier molecular flexibility index (Phi) is 14.7. The van der Waals surface area contributed by atoms with Crippen LogP contribution in [0, 0.1) is 0 Å². The molecular formula is C21H30O9. The van der Waals surface area contributed by atoms with Gasteiger partial charge in [0.1, 0.15) is 0 Å². The van der Waals surface area contributed by atoms with E-state index in [4.69, 9.17) is 24.4 Å². The van der Waals surface area contributed by atoms with E-state index in [0.717, 1.165) is 24.3 Å². The number of hydrogen-bond acceptors (Lipinski definition) is 9. The minimum atomic E-state index is -2.40. The van der Waals surface area contributed by atoms with Crippen LogP contribution in [0.4, 0.5) is 0 Å². The smallest absolute Gasteiger partial charge is 0.331 e. The number of aliphatic hydroxyl groups is 2. The molecule has 3 atom stereocenters. The molecule has 0 saturated carbocycles. The number of aliphatic hydroxyl groups excluding tert-OH is 2. The predicted octanol–water partition coefficient (Wildman–Crippen LogP) is 0.847. The lowest BCUT2D eigenvalue weighted by Crippen LogP contribution is -2.58. The van der Waals surface area contributed by atoms with Crippen LogP contribution in [0.2, 0.25) is 0 Å². The molecule has 0 spiro atoms. The average molecular weight is 426 g/mol. The van der Waals surface area contributed by atoms with E-state index in [1.54, 1.807) is 13.8 Å². The van der Waals surface area contributed by atoms with Crippen LogP contribution < -0.4 is 0 Å². The van der Waals surface area contributed by atoms with Gasteiger partial charge >= 0.3 is 11.9 Å². The first-order valence-corrected chi connectivity index (χ1v) is 8.89. The van der Waals surface area contributed by atoms with Crippen molar-refractivity contribution in [3.05, 3.63) is 50.6 Å². The third-order valence-corrected chi connectivity index (χ3v) is 3.44. The highest BCUT2D eigenvalue weighted by Gasteiger charge is 2.53. The Hall–Kier alpha value is -2.88. The van der Waals surface area contributed by atoms with Crippen LogP contribution in [0.25, 0.3) is 0 Å². The summed E-state index contributed by atoms with van der Waals surface area (Å²) >= 11 is 0. The van der Waals surface area contributed by atoms with E-state index in [2.05, 4.69) is 26.3 Å². The van der Waals surface area contributed by atoms with Crippen molar-refractivity contribution in [2.75, 3.05) is 13.2 Å². The normalized spacial score (nSPS) is 13.2. The van der Waals surface area contributed by atoms with Gasteiger partial charge in [0.15, 0.2) is 6.10 Å². The summed E-state index contributed by atoms with van der Waals surface area (Å²) in [7, 11) is 0. The zero-order chi connectivity index (χ0) is 23.9. The van der Waals surface area contributed by atoms with Crippen LogP contribution in [-0.4, -0.2) is 70.8 Å². The summed E-state index contributed by atoms with van der Waals surface area (Å²) in [5.74, 6) is -3.84. The first-order valence-electron chi connectivity index (χ1n) is 8.89. The van der Waals surface area contributed by atoms with Crippen LogP contribution in [0.1, 0.15) is 20.8 Å². The summed E-state index contributed by atoms with van der Waals surface area (Å²) in [6, 6.07) is 0. The van der Waals surface area contributed by atoms with Crippen molar-refractivity contribution in [2.24, 2.45) is 0 Å². The Bertz CT molecular complexity index is 629. The Balaban J connectivity index is 0. The molecule has 0 aliphatic heterocycles. The van der Waals surface area contributed by atoms with Crippen LogP contribution in [0.5, 0.6) is 0 Å². The quantitative estimate of drug-likeness (QED) is 0.249. The molecule has 30 heavy (non-hydrogen) atoms. The van der Waals surface area contributed by atoms with Crippen molar-refractivity contribution >= 4 is 23.5 Å². The lowest BCUT2D eigenvalue weighted by molar-refractivity contribution is -0.183. The number of rotatable bonds is 13. The SMILES string of the molecule is C=CC(=O)OC(C)C(OC(=O)C=C)(C(=O)C=C)C(=O)C=C.CC(O)COC(C)CO. The standard InChI is InChI=1S/C15H16O6.C6H14O3/c1-6-11(16)15(12(17)7-2,21-14(19)9-4)10(5)20-13(18)8-3;1-5(8)4-9-6(2)3-7/h6-10H,1-4H2,5H3;5-8H,3-4H2,1-2H3. The Morgan fingerprint density at radius 1 is 0.900 bits per heavy atom. The molecular weight excluding hydrogens is 396 g/mol. The molecule has 0 aromatic heterocycles. The van der Waals surface area contributed by atoms with Crippen LogP contribution in [0.15, 0.2) is 50.6 Å². The van der Waals surface area contributed by atoms with E-state index in [9.17, 15) is 19.2 Å². The van der Waals surface area contributed by atoms with Crippen molar-refractivity contribution < 1.29 is 43.6 Å². The monoisotopic (exact) mass is 426 g/mol. The fourth-order valence-corrected chi connectivity index (χ4v) is 1.87. The maximum atomic E-state index is 12.1. The van der Waals surface area contributed by atoms with Gasteiger partial charge in [0.2, 0.25) is 11.6 Å². The average Bonchev–Trinajstić information content (AvgIpc) is 2.74. The topological polar surface area (TPSA) is 136 Å². The summed E-state index contributed by atoms with van der Waals surface area (Å²) in [6.07, 6.45) is 1.16. The third kappa shape index (κ3) is 9.55. The molecule has 0 bridgehead atoms. The number of ether oxygens (including phenoxy) is 3. The highest BCUT2D eigenvalue weighted by Crippen LogP contribution is 2.24. The Labute approximate surface area is 176 Å². The first-order chi connectivity index (χ1) is 14.0. The first kappa shape index (κ1) is 29.3. The molecule has 0 rings (SSSR count). The van der Waals surface area contributed by atoms with Gasteiger partial charge in [0, 0.05) is 12.2 Å². The lowest BCUT2D eigenvalue weighted by Gasteiger charge is -2.32. The predicted molar refractivity (Wildman–Crippen MR) is 109 cm³/mol. The number of ketones is 2. The Morgan fingerprint density at radius 3 is 1.70 bits per heavy atom. The van der Waals surface area contributed by atoms with E-state index in [1.165, 1.54) is 6.92 Å². The number of carbonyl (C=O) groups is 4. The number of carbonyl (C=O) groups excluding carboxylic acids is 4. The third-order valence-electron chi connectivity index (χ3n) is 3.44. The summed E-state index contributed by atoms with van der Waals surface area (Å²) in [4.78, 5) is 46.9. The molecule has 0 radical (unpaired) electrons. The highest BCUT2D eigenvalue weighted by atomic mass is 16.6. The maximum absolute atomic E-state index is 12.1.